The van der Waals surface area contributed by atoms with Crippen molar-refractivity contribution in [3.8, 4) is 0 Å². The first-order valence-electron chi connectivity index (χ1n) is 7.01. The molecule has 2 rings (SSSR count). The fraction of sp³-hybridized carbons (Fsp3) is 0.571. The molecule has 1 aliphatic heterocycles. The Morgan fingerprint density at radius 1 is 1.41 bits per heavy atom. The lowest BCUT2D eigenvalue weighted by atomic mass is 10.1. The number of pyridine rings is 1. The van der Waals surface area contributed by atoms with Crippen molar-refractivity contribution in [2.24, 2.45) is 0 Å². The number of ether oxygens (including phenoxy) is 1. The summed E-state index contributed by atoms with van der Waals surface area (Å²) in [5.41, 5.74) is -2.17. The molecule has 0 radical (unpaired) electrons. The second-order valence-electron chi connectivity index (χ2n) is 5.34. The van der Waals surface area contributed by atoms with Gasteiger partial charge in [0.05, 0.1) is 0 Å². The van der Waals surface area contributed by atoms with Gasteiger partial charge in [-0.15, -0.1) is 0 Å². The van der Waals surface area contributed by atoms with Crippen LogP contribution < -0.4 is 5.56 Å². The van der Waals surface area contributed by atoms with Crippen LogP contribution in [0.15, 0.2) is 17.1 Å². The number of amides is 1. The minimum atomic E-state index is -4.71. The summed E-state index contributed by atoms with van der Waals surface area (Å²) in [5, 5.41) is 0. The summed E-state index contributed by atoms with van der Waals surface area (Å²) in [6.07, 6.45) is -2.59. The van der Waals surface area contributed by atoms with E-state index in [1.807, 2.05) is 0 Å². The second kappa shape index (κ2) is 6.41. The minimum Gasteiger partial charge on any atom is -0.446 e. The van der Waals surface area contributed by atoms with Crippen LogP contribution in [0, 0.1) is 0 Å². The molecule has 0 bridgehead atoms. The summed E-state index contributed by atoms with van der Waals surface area (Å²) < 4.78 is 43.2. The monoisotopic (exact) mass is 318 g/mol. The summed E-state index contributed by atoms with van der Waals surface area (Å²) in [6.45, 7) is 2.89. The van der Waals surface area contributed by atoms with Crippen molar-refractivity contribution in [1.82, 2.24) is 9.88 Å². The Hall–Kier alpha value is -1.99. The van der Waals surface area contributed by atoms with Gasteiger partial charge in [-0.2, -0.15) is 13.2 Å². The number of aromatic amines is 1. The molecule has 1 aliphatic rings. The van der Waals surface area contributed by atoms with Gasteiger partial charge in [0.2, 0.25) is 0 Å². The van der Waals surface area contributed by atoms with Crippen molar-refractivity contribution in [3.63, 3.8) is 0 Å². The number of carbonyl (C=O) groups excluding carboxylic acids is 1. The maximum Gasteiger partial charge on any atom is 0.421 e. The fourth-order valence-electron chi connectivity index (χ4n) is 2.38. The maximum atomic E-state index is 12.7. The Morgan fingerprint density at radius 2 is 2.05 bits per heavy atom. The number of aromatic nitrogens is 1. The predicted molar refractivity (Wildman–Crippen MR) is 72.5 cm³/mol. The largest absolute Gasteiger partial charge is 0.446 e. The Balaban J connectivity index is 2.01. The molecule has 1 fully saturated rings. The van der Waals surface area contributed by atoms with Crippen LogP contribution in [0.5, 0.6) is 0 Å². The summed E-state index contributed by atoms with van der Waals surface area (Å²) in [5.74, 6) is 0. The van der Waals surface area contributed by atoms with Crippen LogP contribution in [0.4, 0.5) is 18.0 Å². The molecular weight excluding hydrogens is 301 g/mol. The standard InChI is InChI=1S/C14H17F3N2O3/c1-9(22-13(21)19-4-2-3-5-19)6-10-7-11(14(15,16)17)12(20)18-8-10/h7-9H,2-6H2,1H3,(H,18,20). The van der Waals surface area contributed by atoms with Crippen molar-refractivity contribution in [1.29, 1.82) is 0 Å². The van der Waals surface area contributed by atoms with E-state index in [0.29, 0.717) is 13.1 Å². The highest BCUT2D eigenvalue weighted by molar-refractivity contribution is 5.68. The van der Waals surface area contributed by atoms with Gasteiger partial charge in [0.25, 0.3) is 5.56 Å². The number of alkyl halides is 3. The van der Waals surface area contributed by atoms with Crippen LogP contribution in [0.1, 0.15) is 30.9 Å². The molecule has 2 heterocycles. The van der Waals surface area contributed by atoms with Crippen LogP contribution in [0.3, 0.4) is 0 Å². The lowest BCUT2D eigenvalue weighted by Gasteiger charge is -2.19. The second-order valence-corrected chi connectivity index (χ2v) is 5.34. The number of nitrogens with one attached hydrogen (secondary N) is 1. The third kappa shape index (κ3) is 4.02. The number of likely N-dealkylation sites (tertiary alicyclic amines) is 1. The molecule has 0 saturated carbocycles. The zero-order valence-electron chi connectivity index (χ0n) is 12.1. The fourth-order valence-corrected chi connectivity index (χ4v) is 2.38. The molecule has 1 aromatic heterocycles. The van der Waals surface area contributed by atoms with Crippen LogP contribution in [0.2, 0.25) is 0 Å². The van der Waals surface area contributed by atoms with Gasteiger partial charge >= 0.3 is 12.3 Å². The van der Waals surface area contributed by atoms with Crippen molar-refractivity contribution >= 4 is 6.09 Å². The third-order valence-electron chi connectivity index (χ3n) is 3.46. The number of hydrogen-bond acceptors (Lipinski definition) is 3. The lowest BCUT2D eigenvalue weighted by Crippen LogP contribution is -2.32. The lowest BCUT2D eigenvalue weighted by molar-refractivity contribution is -0.138. The van der Waals surface area contributed by atoms with Crippen LogP contribution in [-0.4, -0.2) is 35.2 Å². The van der Waals surface area contributed by atoms with Gasteiger partial charge in [-0.05, 0) is 31.4 Å². The first-order valence-corrected chi connectivity index (χ1v) is 7.01. The molecule has 1 unspecified atom stereocenters. The van der Waals surface area contributed by atoms with Crippen molar-refractivity contribution in [2.75, 3.05) is 13.1 Å². The van der Waals surface area contributed by atoms with Crippen molar-refractivity contribution in [3.05, 3.63) is 33.7 Å². The Labute approximate surface area is 125 Å². The summed E-state index contributed by atoms with van der Waals surface area (Å²) >= 11 is 0. The zero-order chi connectivity index (χ0) is 16.3. The Morgan fingerprint density at radius 3 is 2.64 bits per heavy atom. The Bertz CT molecular complexity index is 592. The summed E-state index contributed by atoms with van der Waals surface area (Å²) in [4.78, 5) is 26.6. The first-order chi connectivity index (χ1) is 10.3. The van der Waals surface area contributed by atoms with E-state index in [9.17, 15) is 22.8 Å². The van der Waals surface area contributed by atoms with E-state index in [0.717, 1.165) is 18.9 Å². The van der Waals surface area contributed by atoms with Gasteiger partial charge in [-0.1, -0.05) is 0 Å². The molecule has 1 amide bonds. The highest BCUT2D eigenvalue weighted by Crippen LogP contribution is 2.27. The molecule has 122 valence electrons. The van der Waals surface area contributed by atoms with Crippen LogP contribution in [-0.2, 0) is 17.3 Å². The van der Waals surface area contributed by atoms with Gasteiger partial charge in [-0.25, -0.2) is 4.79 Å². The summed E-state index contributed by atoms with van der Waals surface area (Å²) in [6, 6.07) is 0.791. The van der Waals surface area contributed by atoms with E-state index in [1.165, 1.54) is 6.20 Å². The average molecular weight is 318 g/mol. The van der Waals surface area contributed by atoms with E-state index >= 15 is 0 Å². The first kappa shape index (κ1) is 16.4. The normalized spacial score (nSPS) is 16.6. The highest BCUT2D eigenvalue weighted by Gasteiger charge is 2.34. The molecule has 8 heteroatoms. The number of H-pyrrole nitrogens is 1. The smallest absolute Gasteiger partial charge is 0.421 e. The van der Waals surface area contributed by atoms with E-state index in [4.69, 9.17) is 4.74 Å². The average Bonchev–Trinajstić information content (AvgIpc) is 2.93. The van der Waals surface area contributed by atoms with Gasteiger partial charge < -0.3 is 14.6 Å². The van der Waals surface area contributed by atoms with E-state index in [1.54, 1.807) is 11.8 Å². The molecule has 0 spiro atoms. The van der Waals surface area contributed by atoms with Gasteiger partial charge in [-0.3, -0.25) is 4.79 Å². The summed E-state index contributed by atoms with van der Waals surface area (Å²) in [7, 11) is 0. The van der Waals surface area contributed by atoms with Gasteiger partial charge in [0, 0.05) is 25.7 Å². The molecule has 0 aliphatic carbocycles. The maximum absolute atomic E-state index is 12.7. The van der Waals surface area contributed by atoms with Gasteiger partial charge in [0.1, 0.15) is 11.7 Å². The topological polar surface area (TPSA) is 62.4 Å². The number of nitrogens with zero attached hydrogens (tertiary/aromatic N) is 1. The predicted octanol–water partition coefficient (Wildman–Crippen LogP) is 2.56. The quantitative estimate of drug-likeness (QED) is 0.931. The number of halogens is 3. The number of hydrogen-bond donors (Lipinski definition) is 1. The van der Waals surface area contributed by atoms with E-state index < -0.39 is 29.5 Å². The molecule has 1 aromatic rings. The van der Waals surface area contributed by atoms with E-state index in [-0.39, 0.29) is 12.0 Å². The van der Waals surface area contributed by atoms with Gasteiger partial charge in [0.15, 0.2) is 0 Å². The molecule has 1 N–H and O–H groups in total. The van der Waals surface area contributed by atoms with Crippen LogP contribution in [0.25, 0.3) is 0 Å². The third-order valence-corrected chi connectivity index (χ3v) is 3.46. The number of rotatable bonds is 3. The SMILES string of the molecule is CC(Cc1c[nH]c(=O)c(C(F)(F)F)c1)OC(=O)N1CCCC1. The molecule has 1 saturated heterocycles. The van der Waals surface area contributed by atoms with Crippen molar-refractivity contribution in [2.45, 2.75) is 38.5 Å². The van der Waals surface area contributed by atoms with Crippen molar-refractivity contribution < 1.29 is 22.7 Å². The number of carbonyl (C=O) groups is 1. The molecule has 1 atom stereocenters. The molecule has 5 nitrogen and oxygen atoms in total. The molecule has 0 aromatic carbocycles. The Kier molecular flexibility index (Phi) is 4.77. The van der Waals surface area contributed by atoms with E-state index in [2.05, 4.69) is 4.98 Å². The highest BCUT2D eigenvalue weighted by atomic mass is 19.4. The van der Waals surface area contributed by atoms with Crippen LogP contribution >= 0.6 is 0 Å². The molecular formula is C14H17F3N2O3. The zero-order valence-corrected chi connectivity index (χ0v) is 12.1. The minimum absolute atomic E-state index is 0.0967. The molecule has 22 heavy (non-hydrogen) atoms.